The number of ether oxygens (including phenoxy) is 1. The van der Waals surface area contributed by atoms with Crippen molar-refractivity contribution in [2.45, 2.75) is 26.7 Å². The first-order valence-corrected chi connectivity index (χ1v) is 15.3. The fraction of sp³-hybridized carbons (Fsp3) is 0.211. The Morgan fingerprint density at radius 1 is 0.915 bits per heavy atom. The maximum Gasteiger partial charge on any atom is 0.337 e. The van der Waals surface area contributed by atoms with Crippen LogP contribution in [0.25, 0.3) is 17.3 Å². The Morgan fingerprint density at radius 3 is 2.21 bits per heavy atom. The van der Waals surface area contributed by atoms with Crippen LogP contribution in [0.2, 0.25) is 0 Å². The van der Waals surface area contributed by atoms with E-state index in [1.165, 1.54) is 4.57 Å². The number of para-hydroxylation sites is 1. The minimum Gasteiger partial charge on any atom is -0.497 e. The monoisotopic (exact) mass is 628 g/mol. The van der Waals surface area contributed by atoms with E-state index in [-0.39, 0.29) is 27.2 Å². The number of pyridine rings is 1. The number of amides is 1. The minimum absolute atomic E-state index is 0.0143. The molecule has 3 aromatic carbocycles. The van der Waals surface area contributed by atoms with Gasteiger partial charge in [-0.3, -0.25) is 14.2 Å². The molecule has 238 valence electrons. The molecule has 0 spiro atoms. The number of allylic oxidation sites excluding steroid dienone is 3. The molecule has 0 saturated heterocycles. The number of fused-ring (bicyclic) bond motifs is 1. The van der Waals surface area contributed by atoms with Crippen LogP contribution in [-0.4, -0.2) is 42.8 Å². The summed E-state index contributed by atoms with van der Waals surface area (Å²) < 4.78 is 6.66. The second-order valence-electron chi connectivity index (χ2n) is 12.7. The van der Waals surface area contributed by atoms with Crippen LogP contribution in [-0.2, 0) is 0 Å². The summed E-state index contributed by atoms with van der Waals surface area (Å²) in [6.45, 7) is 4.18. The van der Waals surface area contributed by atoms with Gasteiger partial charge in [-0.1, -0.05) is 62.4 Å². The molecule has 0 bridgehead atoms. The molecule has 2 aliphatic rings. The SMILES string of the molecule is COc1ccc(-n2c3c(c(C(=O)O)/c(=C4/C=C(C=Cc5ccc(N(C)C)cc5)CC(C)(C)C4)c2=O)C(=O)N(c2ccccc2)N=3)cc1. The molecule has 0 unspecified atom stereocenters. The third-order valence-electron chi connectivity index (χ3n) is 8.43. The van der Waals surface area contributed by atoms with Gasteiger partial charge in [0.25, 0.3) is 11.5 Å². The number of hydrogen-bond donors (Lipinski definition) is 1. The van der Waals surface area contributed by atoms with Gasteiger partial charge in [0, 0.05) is 19.8 Å². The van der Waals surface area contributed by atoms with E-state index in [1.54, 1.807) is 55.6 Å². The molecule has 47 heavy (non-hydrogen) atoms. The second kappa shape index (κ2) is 12.2. The van der Waals surface area contributed by atoms with E-state index in [0.29, 0.717) is 29.1 Å². The lowest BCUT2D eigenvalue weighted by Crippen LogP contribution is -2.48. The van der Waals surface area contributed by atoms with E-state index in [4.69, 9.17) is 4.74 Å². The van der Waals surface area contributed by atoms with Gasteiger partial charge >= 0.3 is 5.97 Å². The van der Waals surface area contributed by atoms with Crippen LogP contribution in [0.4, 0.5) is 11.4 Å². The number of carbonyl (C=O) groups is 2. The van der Waals surface area contributed by atoms with Crippen molar-refractivity contribution in [2.75, 3.05) is 31.1 Å². The molecule has 1 aliphatic heterocycles. The summed E-state index contributed by atoms with van der Waals surface area (Å²) in [6.07, 6.45) is 7.08. The van der Waals surface area contributed by atoms with Crippen molar-refractivity contribution >= 4 is 34.9 Å². The molecule has 6 rings (SSSR count). The summed E-state index contributed by atoms with van der Waals surface area (Å²) >= 11 is 0. The number of aromatic carboxylic acids is 1. The molecule has 1 amide bonds. The van der Waals surface area contributed by atoms with Crippen molar-refractivity contribution in [1.29, 1.82) is 0 Å². The number of methoxy groups -OCH3 is 1. The summed E-state index contributed by atoms with van der Waals surface area (Å²) in [5, 5.41) is 16.4. The number of rotatable bonds is 7. The molecule has 1 aliphatic carbocycles. The third-order valence-corrected chi connectivity index (χ3v) is 8.43. The maximum absolute atomic E-state index is 14.6. The zero-order valence-corrected chi connectivity index (χ0v) is 27.0. The molecule has 9 nitrogen and oxygen atoms in total. The van der Waals surface area contributed by atoms with Crippen LogP contribution in [0.15, 0.2) is 106 Å². The summed E-state index contributed by atoms with van der Waals surface area (Å²) in [6, 6.07) is 23.7. The van der Waals surface area contributed by atoms with Crippen molar-refractivity contribution in [3.05, 3.63) is 134 Å². The summed E-state index contributed by atoms with van der Waals surface area (Å²) in [5.41, 5.74) is 3.13. The van der Waals surface area contributed by atoms with E-state index in [0.717, 1.165) is 28.3 Å². The van der Waals surface area contributed by atoms with Gasteiger partial charge in [-0.25, -0.2) is 4.79 Å². The lowest BCUT2D eigenvalue weighted by molar-refractivity contribution is 0.0690. The molecule has 1 aromatic heterocycles. The molecule has 4 aromatic rings. The highest BCUT2D eigenvalue weighted by molar-refractivity contribution is 6.13. The maximum atomic E-state index is 14.6. The van der Waals surface area contributed by atoms with Gasteiger partial charge in [-0.05, 0) is 83.5 Å². The summed E-state index contributed by atoms with van der Waals surface area (Å²) in [4.78, 5) is 43.8. The molecule has 0 fully saturated rings. The van der Waals surface area contributed by atoms with E-state index in [2.05, 4.69) is 18.9 Å². The minimum atomic E-state index is -1.36. The molecular formula is C38H36N4O5. The average molecular weight is 629 g/mol. The Labute approximate surface area is 272 Å². The van der Waals surface area contributed by atoms with E-state index >= 15 is 0 Å². The highest BCUT2D eigenvalue weighted by Crippen LogP contribution is 2.39. The first-order valence-electron chi connectivity index (χ1n) is 15.3. The normalized spacial score (nSPS) is 16.5. The summed E-state index contributed by atoms with van der Waals surface area (Å²) in [5.74, 6) is -1.40. The van der Waals surface area contributed by atoms with Crippen LogP contribution in [0.5, 0.6) is 5.75 Å². The Kier molecular flexibility index (Phi) is 8.15. The van der Waals surface area contributed by atoms with E-state index in [9.17, 15) is 19.5 Å². The van der Waals surface area contributed by atoms with Gasteiger partial charge in [-0.15, -0.1) is 5.10 Å². The predicted octanol–water partition coefficient (Wildman–Crippen LogP) is 5.42. The molecule has 0 radical (unpaired) electrons. The number of nitrogens with zero attached hydrogens (tertiary/aromatic N) is 4. The van der Waals surface area contributed by atoms with E-state index in [1.807, 2.05) is 67.6 Å². The molecule has 2 heterocycles. The third kappa shape index (κ3) is 6.00. The highest BCUT2D eigenvalue weighted by Gasteiger charge is 2.36. The number of aromatic nitrogens is 1. The molecule has 1 N–H and O–H groups in total. The molecular weight excluding hydrogens is 592 g/mol. The fourth-order valence-electron chi connectivity index (χ4n) is 6.24. The number of benzene rings is 3. The van der Waals surface area contributed by atoms with Gasteiger partial charge in [0.2, 0.25) is 0 Å². The standard InChI is InChI=1S/C38H36N4O5/c1-38(2)22-25(12-11-24-13-15-27(16-14-24)40(3)4)21-26(23-38)31-32(37(45)46)33-34(39-42(36(33)44)29-9-7-6-8-10-29)41(35(31)43)28-17-19-30(47-5)20-18-28/h6-21H,22-23H2,1-5H3,(H,45,46)/b12-11?,31-26+. The van der Waals surface area contributed by atoms with Crippen LogP contribution < -0.4 is 30.9 Å². The smallest absolute Gasteiger partial charge is 0.337 e. The van der Waals surface area contributed by atoms with Crippen molar-refractivity contribution in [2.24, 2.45) is 10.5 Å². The van der Waals surface area contributed by atoms with Gasteiger partial charge in [0.15, 0.2) is 5.49 Å². The number of carboxylic acid groups (broad SMARTS) is 1. The van der Waals surface area contributed by atoms with Gasteiger partial charge in [0.1, 0.15) is 11.3 Å². The number of carbonyl (C=O) groups excluding carboxylic acids is 1. The molecule has 0 saturated carbocycles. The lowest BCUT2D eigenvalue weighted by atomic mass is 9.74. The Balaban J connectivity index is 1.63. The van der Waals surface area contributed by atoms with Crippen LogP contribution >= 0.6 is 0 Å². The topological polar surface area (TPSA) is 104 Å². The zero-order chi connectivity index (χ0) is 33.5. The zero-order valence-electron chi connectivity index (χ0n) is 27.0. The predicted molar refractivity (Wildman–Crippen MR) is 184 cm³/mol. The quantitative estimate of drug-likeness (QED) is 0.293. The van der Waals surface area contributed by atoms with Crippen molar-refractivity contribution in [3.8, 4) is 11.4 Å². The fourth-order valence-corrected chi connectivity index (χ4v) is 6.24. The Hall–Kier alpha value is -5.70. The van der Waals surface area contributed by atoms with Crippen molar-refractivity contribution in [3.63, 3.8) is 0 Å². The molecule has 0 atom stereocenters. The number of hydrogen-bond acceptors (Lipinski definition) is 6. The van der Waals surface area contributed by atoms with Gasteiger partial charge < -0.3 is 14.7 Å². The van der Waals surface area contributed by atoms with Crippen LogP contribution in [0.3, 0.4) is 0 Å². The lowest BCUT2D eigenvalue weighted by Gasteiger charge is -2.30. The largest absolute Gasteiger partial charge is 0.497 e. The van der Waals surface area contributed by atoms with Crippen LogP contribution in [0, 0.1) is 5.41 Å². The number of carboxylic acids is 1. The second-order valence-corrected chi connectivity index (χ2v) is 12.7. The van der Waals surface area contributed by atoms with Gasteiger partial charge in [-0.2, -0.15) is 5.01 Å². The molecule has 9 heteroatoms. The van der Waals surface area contributed by atoms with Crippen molar-refractivity contribution in [1.82, 2.24) is 4.57 Å². The Morgan fingerprint density at radius 2 is 1.60 bits per heavy atom. The van der Waals surface area contributed by atoms with Crippen molar-refractivity contribution < 1.29 is 19.4 Å². The average Bonchev–Trinajstić information content (AvgIpc) is 3.39. The highest BCUT2D eigenvalue weighted by atomic mass is 16.5. The Bertz CT molecular complexity index is 2130. The van der Waals surface area contributed by atoms with Crippen LogP contribution in [0.1, 0.15) is 53.0 Å². The summed E-state index contributed by atoms with van der Waals surface area (Å²) in [7, 11) is 5.53. The van der Waals surface area contributed by atoms with Gasteiger partial charge in [0.05, 0.1) is 29.3 Å². The first kappa shape index (κ1) is 31.3. The van der Waals surface area contributed by atoms with E-state index < -0.39 is 17.4 Å². The first-order chi connectivity index (χ1) is 22.5. The number of anilines is 2.